The van der Waals surface area contributed by atoms with E-state index in [2.05, 4.69) is 20.4 Å². The van der Waals surface area contributed by atoms with Gasteiger partial charge in [0.15, 0.2) is 0 Å². The number of fused-ring (bicyclic) bond motifs is 2. The second-order valence-electron chi connectivity index (χ2n) is 8.45. The molecule has 2 aromatic carbocycles. The predicted molar refractivity (Wildman–Crippen MR) is 126 cm³/mol. The Morgan fingerprint density at radius 1 is 1.09 bits per heavy atom. The summed E-state index contributed by atoms with van der Waals surface area (Å²) in [6.45, 7) is 3.53. The summed E-state index contributed by atoms with van der Waals surface area (Å²) in [6.07, 6.45) is 1.38. The standard InChI is InChI=1S/C24H23FN6O2/c25-18-3-6-21-15(7-18)8-20(23(32)29-21)22(30-26)11-28-19-4-1-14(2-5-19)24(33)31-12-16-9-27-10-17(16)13-31/h1-8,11,16-17,27H,9-10,12-13,26H2,(H,29,32). The third-order valence-corrected chi connectivity index (χ3v) is 6.35. The van der Waals surface area contributed by atoms with E-state index in [0.717, 1.165) is 26.2 Å². The molecule has 2 saturated heterocycles. The smallest absolute Gasteiger partial charge is 0.258 e. The molecule has 2 aliphatic rings. The van der Waals surface area contributed by atoms with Gasteiger partial charge in [0.1, 0.15) is 11.5 Å². The summed E-state index contributed by atoms with van der Waals surface area (Å²) >= 11 is 0. The van der Waals surface area contributed by atoms with Gasteiger partial charge >= 0.3 is 0 Å². The molecule has 1 aromatic heterocycles. The summed E-state index contributed by atoms with van der Waals surface area (Å²) in [5.74, 6) is 6.20. The first-order chi connectivity index (χ1) is 16.0. The highest BCUT2D eigenvalue weighted by Gasteiger charge is 2.38. The molecular weight excluding hydrogens is 423 g/mol. The van der Waals surface area contributed by atoms with Crippen LogP contribution in [0, 0.1) is 17.7 Å². The minimum Gasteiger partial charge on any atom is -0.338 e. The molecule has 2 atom stereocenters. The number of amides is 1. The first-order valence-electron chi connectivity index (χ1n) is 10.8. The van der Waals surface area contributed by atoms with Crippen LogP contribution in [0.4, 0.5) is 10.1 Å². The molecule has 5 rings (SSSR count). The van der Waals surface area contributed by atoms with Crippen LogP contribution in [-0.4, -0.2) is 53.9 Å². The van der Waals surface area contributed by atoms with Crippen molar-refractivity contribution < 1.29 is 9.18 Å². The van der Waals surface area contributed by atoms with E-state index in [0.29, 0.717) is 34.0 Å². The highest BCUT2D eigenvalue weighted by Crippen LogP contribution is 2.27. The van der Waals surface area contributed by atoms with Crippen molar-refractivity contribution in [3.63, 3.8) is 0 Å². The number of halogens is 1. The van der Waals surface area contributed by atoms with Gasteiger partial charge in [-0.05, 0) is 60.4 Å². The van der Waals surface area contributed by atoms with E-state index < -0.39 is 11.4 Å². The van der Waals surface area contributed by atoms with Gasteiger partial charge in [0.2, 0.25) is 0 Å². The highest BCUT2D eigenvalue weighted by molar-refractivity contribution is 6.38. The second kappa shape index (κ2) is 8.59. The lowest BCUT2D eigenvalue weighted by Crippen LogP contribution is -2.31. The third kappa shape index (κ3) is 4.14. The van der Waals surface area contributed by atoms with E-state index >= 15 is 0 Å². The van der Waals surface area contributed by atoms with E-state index in [1.807, 2.05) is 4.90 Å². The summed E-state index contributed by atoms with van der Waals surface area (Å²) in [5, 5.41) is 7.57. The van der Waals surface area contributed by atoms with Crippen LogP contribution in [0.25, 0.3) is 10.9 Å². The molecule has 0 saturated carbocycles. The molecule has 4 N–H and O–H groups in total. The second-order valence-corrected chi connectivity index (χ2v) is 8.45. The number of pyridine rings is 1. The van der Waals surface area contributed by atoms with Gasteiger partial charge in [-0.3, -0.25) is 14.6 Å². The van der Waals surface area contributed by atoms with E-state index in [-0.39, 0.29) is 17.2 Å². The van der Waals surface area contributed by atoms with Crippen LogP contribution in [0.2, 0.25) is 0 Å². The minimum atomic E-state index is -0.413. The maximum atomic E-state index is 13.6. The van der Waals surface area contributed by atoms with Gasteiger partial charge in [-0.1, -0.05) is 0 Å². The van der Waals surface area contributed by atoms with Crippen molar-refractivity contribution in [2.45, 2.75) is 0 Å². The van der Waals surface area contributed by atoms with Gasteiger partial charge in [0, 0.05) is 42.6 Å². The zero-order valence-electron chi connectivity index (χ0n) is 17.8. The van der Waals surface area contributed by atoms with Crippen LogP contribution in [-0.2, 0) is 0 Å². The van der Waals surface area contributed by atoms with Crippen molar-refractivity contribution in [3.05, 3.63) is 75.8 Å². The van der Waals surface area contributed by atoms with Gasteiger partial charge in [-0.25, -0.2) is 4.39 Å². The van der Waals surface area contributed by atoms with Crippen LogP contribution >= 0.6 is 0 Å². The monoisotopic (exact) mass is 446 g/mol. The van der Waals surface area contributed by atoms with Gasteiger partial charge in [-0.2, -0.15) is 5.10 Å². The Bertz CT molecular complexity index is 1320. The molecule has 2 aliphatic heterocycles. The van der Waals surface area contributed by atoms with Crippen molar-refractivity contribution in [1.82, 2.24) is 15.2 Å². The van der Waals surface area contributed by atoms with Crippen molar-refractivity contribution in [2.75, 3.05) is 26.2 Å². The number of carbonyl (C=O) groups excluding carboxylic acids is 1. The largest absolute Gasteiger partial charge is 0.338 e. The molecule has 2 fully saturated rings. The Balaban J connectivity index is 1.32. The lowest BCUT2D eigenvalue weighted by Gasteiger charge is -2.17. The quantitative estimate of drug-likeness (QED) is 0.323. The Kier molecular flexibility index (Phi) is 5.47. The molecule has 0 spiro atoms. The Morgan fingerprint density at radius 3 is 2.52 bits per heavy atom. The summed E-state index contributed by atoms with van der Waals surface area (Å²) in [5.41, 5.74) is 1.63. The number of nitrogens with one attached hydrogen (secondary N) is 2. The maximum absolute atomic E-state index is 13.6. The number of rotatable bonds is 4. The number of hydrazone groups is 1. The number of carbonyl (C=O) groups is 1. The molecule has 3 heterocycles. The highest BCUT2D eigenvalue weighted by atomic mass is 19.1. The van der Waals surface area contributed by atoms with Gasteiger partial charge in [0.25, 0.3) is 11.5 Å². The molecule has 8 nitrogen and oxygen atoms in total. The van der Waals surface area contributed by atoms with Crippen LogP contribution in [0.5, 0.6) is 0 Å². The zero-order valence-corrected chi connectivity index (χ0v) is 17.8. The summed E-state index contributed by atoms with van der Waals surface area (Å²) in [4.78, 5) is 34.2. The molecule has 9 heteroatoms. The van der Waals surface area contributed by atoms with Crippen molar-refractivity contribution in [1.29, 1.82) is 0 Å². The fourth-order valence-electron chi connectivity index (χ4n) is 4.57. The normalized spacial score (nSPS) is 20.6. The topological polar surface area (TPSA) is 116 Å². The van der Waals surface area contributed by atoms with Crippen molar-refractivity contribution in [2.24, 2.45) is 27.8 Å². The average Bonchev–Trinajstić information content (AvgIpc) is 3.42. The SMILES string of the molecule is NN=C(C=Nc1ccc(C(=O)N2CC3CNCC3C2)cc1)c1cc2cc(F)ccc2[nH]c1=O. The third-order valence-electron chi connectivity index (χ3n) is 6.35. The maximum Gasteiger partial charge on any atom is 0.258 e. The predicted octanol–water partition coefficient (Wildman–Crippen LogP) is 2.02. The van der Waals surface area contributed by atoms with Gasteiger partial charge < -0.3 is 21.0 Å². The summed E-state index contributed by atoms with van der Waals surface area (Å²) in [6, 6.07) is 12.6. The summed E-state index contributed by atoms with van der Waals surface area (Å²) < 4.78 is 13.6. The first-order valence-corrected chi connectivity index (χ1v) is 10.8. The Hall–Kier alpha value is -3.85. The Labute approximate surface area is 189 Å². The number of aromatic nitrogens is 1. The molecule has 168 valence electrons. The lowest BCUT2D eigenvalue weighted by molar-refractivity contribution is 0.0781. The number of nitrogens with two attached hydrogens (primary N) is 1. The summed E-state index contributed by atoms with van der Waals surface area (Å²) in [7, 11) is 0. The number of H-pyrrole nitrogens is 1. The number of likely N-dealkylation sites (tertiary alicyclic amines) is 1. The molecule has 1 amide bonds. The van der Waals surface area contributed by atoms with Crippen LogP contribution in [0.3, 0.4) is 0 Å². The molecular formula is C24H23FN6O2. The van der Waals surface area contributed by atoms with E-state index in [1.165, 1.54) is 30.5 Å². The number of hydrogen-bond donors (Lipinski definition) is 3. The van der Waals surface area contributed by atoms with Crippen LogP contribution in [0.15, 0.2) is 63.4 Å². The molecule has 33 heavy (non-hydrogen) atoms. The fourth-order valence-corrected chi connectivity index (χ4v) is 4.57. The lowest BCUT2D eigenvalue weighted by atomic mass is 10.0. The average molecular weight is 446 g/mol. The molecule has 2 unspecified atom stereocenters. The molecule has 0 bridgehead atoms. The molecule has 0 aliphatic carbocycles. The van der Waals surface area contributed by atoms with E-state index in [1.54, 1.807) is 24.3 Å². The fraction of sp³-hybridized carbons (Fsp3) is 0.250. The number of aromatic amines is 1. The van der Waals surface area contributed by atoms with E-state index in [4.69, 9.17) is 5.84 Å². The van der Waals surface area contributed by atoms with Gasteiger partial charge in [-0.15, -0.1) is 0 Å². The van der Waals surface area contributed by atoms with Crippen LogP contribution < -0.4 is 16.7 Å². The van der Waals surface area contributed by atoms with Crippen molar-refractivity contribution >= 4 is 34.4 Å². The van der Waals surface area contributed by atoms with Crippen LogP contribution in [0.1, 0.15) is 15.9 Å². The molecule has 0 radical (unpaired) electrons. The van der Waals surface area contributed by atoms with E-state index in [9.17, 15) is 14.0 Å². The number of benzene rings is 2. The number of nitrogens with zero attached hydrogens (tertiary/aromatic N) is 3. The first kappa shape index (κ1) is 21.0. The van der Waals surface area contributed by atoms with Gasteiger partial charge in [0.05, 0.1) is 17.5 Å². The van der Waals surface area contributed by atoms with Crippen molar-refractivity contribution in [3.8, 4) is 0 Å². The number of hydrogen-bond acceptors (Lipinski definition) is 6. The minimum absolute atomic E-state index is 0.0269. The number of aliphatic imine (C=N–C) groups is 1. The zero-order chi connectivity index (χ0) is 22.9. The molecule has 3 aromatic rings. The Morgan fingerprint density at radius 2 is 1.82 bits per heavy atom.